The van der Waals surface area contributed by atoms with Gasteiger partial charge in [-0.1, -0.05) is 36.4 Å². The molecule has 0 aliphatic carbocycles. The molecule has 5 heteroatoms. The Morgan fingerprint density at radius 3 is 2.78 bits per heavy atom. The normalized spacial score (nSPS) is 16.1. The van der Waals surface area contributed by atoms with Crippen molar-refractivity contribution in [3.63, 3.8) is 0 Å². The van der Waals surface area contributed by atoms with Crippen LogP contribution in [0.15, 0.2) is 66.9 Å². The van der Waals surface area contributed by atoms with Gasteiger partial charge in [-0.15, -0.1) is 0 Å². The van der Waals surface area contributed by atoms with Crippen LogP contribution in [0, 0.1) is 5.82 Å². The molecule has 1 amide bonds. The van der Waals surface area contributed by atoms with Gasteiger partial charge in [-0.2, -0.15) is 0 Å². The molecule has 3 aromatic rings. The zero-order valence-corrected chi connectivity index (χ0v) is 18.5. The molecule has 4 nitrogen and oxygen atoms in total. The quantitative estimate of drug-likeness (QED) is 0.518. The number of amides is 1. The first-order chi connectivity index (χ1) is 15.6. The lowest BCUT2D eigenvalue weighted by Gasteiger charge is -2.32. The summed E-state index contributed by atoms with van der Waals surface area (Å²) in [6.07, 6.45) is 5.71. The number of piperidine rings is 1. The number of aryl methyl sites for hydroxylation is 1. The zero-order chi connectivity index (χ0) is 22.3. The maximum absolute atomic E-state index is 13.4. The fourth-order valence-corrected chi connectivity index (χ4v) is 4.42. The monoisotopic (exact) mass is 432 g/mol. The fraction of sp³-hybridized carbons (Fsp3) is 0.333. The van der Waals surface area contributed by atoms with Gasteiger partial charge in [0.2, 0.25) is 5.91 Å². The molecule has 0 radical (unpaired) electrons. The second-order valence-corrected chi connectivity index (χ2v) is 8.39. The molecule has 0 spiro atoms. The van der Waals surface area contributed by atoms with Crippen LogP contribution in [0.5, 0.6) is 5.75 Å². The van der Waals surface area contributed by atoms with Crippen LogP contribution in [0.2, 0.25) is 0 Å². The lowest BCUT2D eigenvalue weighted by molar-refractivity contribution is -0.132. The van der Waals surface area contributed by atoms with Gasteiger partial charge < -0.3 is 9.64 Å². The Morgan fingerprint density at radius 1 is 1.12 bits per heavy atom. The Labute approximate surface area is 189 Å². The van der Waals surface area contributed by atoms with Gasteiger partial charge in [0.15, 0.2) is 0 Å². The maximum Gasteiger partial charge on any atom is 0.222 e. The van der Waals surface area contributed by atoms with Gasteiger partial charge in [0.25, 0.3) is 0 Å². The molecule has 32 heavy (non-hydrogen) atoms. The van der Waals surface area contributed by atoms with Crippen molar-refractivity contribution >= 4 is 5.91 Å². The molecule has 1 atom stereocenters. The van der Waals surface area contributed by atoms with Crippen molar-refractivity contribution in [2.75, 3.05) is 20.2 Å². The smallest absolute Gasteiger partial charge is 0.222 e. The molecule has 166 valence electrons. The SMILES string of the molecule is COc1ccccc1CCC(=O)N1CCC[C@H](c2ccc(Cc3cccc(F)c3)cn2)C1. The Balaban J connectivity index is 1.34. The van der Waals surface area contributed by atoms with Crippen LogP contribution in [0.1, 0.15) is 47.6 Å². The van der Waals surface area contributed by atoms with E-state index in [4.69, 9.17) is 4.74 Å². The molecular formula is C27H29FN2O2. The largest absolute Gasteiger partial charge is 0.496 e. The molecule has 2 heterocycles. The minimum Gasteiger partial charge on any atom is -0.496 e. The van der Waals surface area contributed by atoms with E-state index in [9.17, 15) is 9.18 Å². The number of nitrogens with zero attached hydrogens (tertiary/aromatic N) is 2. The third-order valence-corrected chi connectivity index (χ3v) is 6.14. The van der Waals surface area contributed by atoms with Crippen molar-refractivity contribution < 1.29 is 13.9 Å². The number of para-hydroxylation sites is 1. The Morgan fingerprint density at radius 2 is 2.00 bits per heavy atom. The summed E-state index contributed by atoms with van der Waals surface area (Å²) in [5, 5.41) is 0. The number of aromatic nitrogens is 1. The van der Waals surface area contributed by atoms with Crippen molar-refractivity contribution in [1.29, 1.82) is 0 Å². The van der Waals surface area contributed by atoms with Crippen molar-refractivity contribution in [3.8, 4) is 5.75 Å². The molecule has 0 N–H and O–H groups in total. The average molecular weight is 433 g/mol. The highest BCUT2D eigenvalue weighted by atomic mass is 19.1. The molecule has 1 aliphatic rings. The van der Waals surface area contributed by atoms with Gasteiger partial charge in [-0.3, -0.25) is 9.78 Å². The molecule has 0 saturated carbocycles. The Hall–Kier alpha value is -3.21. The van der Waals surface area contributed by atoms with Crippen molar-refractivity contribution in [1.82, 2.24) is 9.88 Å². The molecule has 1 saturated heterocycles. The van der Waals surface area contributed by atoms with Crippen molar-refractivity contribution in [3.05, 3.63) is 95.1 Å². The number of methoxy groups -OCH3 is 1. The zero-order valence-electron chi connectivity index (χ0n) is 18.5. The van der Waals surface area contributed by atoms with Gasteiger partial charge in [-0.05, 0) is 66.6 Å². The summed E-state index contributed by atoms with van der Waals surface area (Å²) in [5.74, 6) is 1.05. The summed E-state index contributed by atoms with van der Waals surface area (Å²) in [5.41, 5.74) is 4.08. The van der Waals surface area contributed by atoms with E-state index < -0.39 is 0 Å². The predicted molar refractivity (Wildman–Crippen MR) is 123 cm³/mol. The van der Waals surface area contributed by atoms with Crippen LogP contribution in [0.4, 0.5) is 4.39 Å². The number of ether oxygens (including phenoxy) is 1. The molecule has 0 unspecified atom stereocenters. The maximum atomic E-state index is 13.4. The number of rotatable bonds is 7. The first-order valence-corrected chi connectivity index (χ1v) is 11.2. The second kappa shape index (κ2) is 10.4. The van der Waals surface area contributed by atoms with Crippen LogP contribution < -0.4 is 4.74 Å². The van der Waals surface area contributed by atoms with E-state index in [0.717, 1.165) is 47.5 Å². The van der Waals surface area contributed by atoms with Crippen LogP contribution in [-0.2, 0) is 17.6 Å². The number of pyridine rings is 1. The van der Waals surface area contributed by atoms with Crippen molar-refractivity contribution in [2.24, 2.45) is 0 Å². The number of carbonyl (C=O) groups is 1. The predicted octanol–water partition coefficient (Wildman–Crippen LogP) is 5.16. The topological polar surface area (TPSA) is 42.4 Å². The van der Waals surface area contributed by atoms with Crippen molar-refractivity contribution in [2.45, 2.75) is 38.0 Å². The van der Waals surface area contributed by atoms with E-state index in [1.807, 2.05) is 41.4 Å². The third kappa shape index (κ3) is 5.52. The fourth-order valence-electron chi connectivity index (χ4n) is 4.42. The highest BCUT2D eigenvalue weighted by molar-refractivity contribution is 5.76. The number of benzene rings is 2. The summed E-state index contributed by atoms with van der Waals surface area (Å²) < 4.78 is 18.8. The second-order valence-electron chi connectivity index (χ2n) is 8.39. The summed E-state index contributed by atoms with van der Waals surface area (Å²) in [7, 11) is 1.66. The Kier molecular flexibility index (Phi) is 7.15. The van der Waals surface area contributed by atoms with Crippen LogP contribution >= 0.6 is 0 Å². The lowest BCUT2D eigenvalue weighted by Crippen LogP contribution is -2.39. The molecular weight excluding hydrogens is 403 g/mol. The summed E-state index contributed by atoms with van der Waals surface area (Å²) >= 11 is 0. The third-order valence-electron chi connectivity index (χ3n) is 6.14. The number of likely N-dealkylation sites (tertiary alicyclic amines) is 1. The molecule has 1 aromatic heterocycles. The van der Waals surface area contributed by atoms with Gasteiger partial charge in [0, 0.05) is 37.3 Å². The lowest BCUT2D eigenvalue weighted by atomic mass is 9.93. The summed E-state index contributed by atoms with van der Waals surface area (Å²) in [6.45, 7) is 1.51. The van der Waals surface area contributed by atoms with E-state index in [1.54, 1.807) is 19.2 Å². The van der Waals surface area contributed by atoms with E-state index >= 15 is 0 Å². The van der Waals surface area contributed by atoms with Crippen LogP contribution in [0.25, 0.3) is 0 Å². The van der Waals surface area contributed by atoms with Gasteiger partial charge >= 0.3 is 0 Å². The average Bonchev–Trinajstić information content (AvgIpc) is 2.83. The summed E-state index contributed by atoms with van der Waals surface area (Å²) in [4.78, 5) is 19.5. The first kappa shape index (κ1) is 22.0. The van der Waals surface area contributed by atoms with E-state index in [-0.39, 0.29) is 17.6 Å². The number of hydrogen-bond acceptors (Lipinski definition) is 3. The number of carbonyl (C=O) groups excluding carboxylic acids is 1. The number of halogens is 1. The van der Waals surface area contributed by atoms with Gasteiger partial charge in [0.1, 0.15) is 11.6 Å². The van der Waals surface area contributed by atoms with Gasteiger partial charge in [0.05, 0.1) is 7.11 Å². The van der Waals surface area contributed by atoms with Crippen LogP contribution in [-0.4, -0.2) is 36.0 Å². The molecule has 1 fully saturated rings. The molecule has 4 rings (SSSR count). The highest BCUT2D eigenvalue weighted by Crippen LogP contribution is 2.27. The number of hydrogen-bond donors (Lipinski definition) is 0. The highest BCUT2D eigenvalue weighted by Gasteiger charge is 2.25. The van der Waals surface area contributed by atoms with E-state index in [2.05, 4.69) is 17.1 Å². The van der Waals surface area contributed by atoms with Gasteiger partial charge in [-0.25, -0.2) is 4.39 Å². The standard InChI is InChI=1S/C27H29FN2O2/c1-32-26-10-3-2-7-22(26)12-14-27(31)30-15-5-8-23(19-30)25-13-11-21(18-29-25)16-20-6-4-9-24(28)17-20/h2-4,6-7,9-11,13,17-18,23H,5,8,12,14-16,19H2,1H3/t23-/m0/s1. The van der Waals surface area contributed by atoms with E-state index in [0.29, 0.717) is 25.8 Å². The molecule has 0 bridgehead atoms. The minimum absolute atomic E-state index is 0.184. The Bertz CT molecular complexity index is 1050. The van der Waals surface area contributed by atoms with E-state index in [1.165, 1.54) is 6.07 Å². The van der Waals surface area contributed by atoms with Crippen LogP contribution in [0.3, 0.4) is 0 Å². The summed E-state index contributed by atoms with van der Waals surface area (Å²) in [6, 6.07) is 18.7. The molecule has 1 aliphatic heterocycles. The molecule has 2 aromatic carbocycles. The minimum atomic E-state index is -0.218. The first-order valence-electron chi connectivity index (χ1n) is 11.2.